The Morgan fingerprint density at radius 1 is 1.33 bits per heavy atom. The zero-order chi connectivity index (χ0) is 13.7. The van der Waals surface area contributed by atoms with Crippen LogP contribution in [0.25, 0.3) is 0 Å². The number of rotatable bonds is 3. The van der Waals surface area contributed by atoms with E-state index < -0.39 is 23.5 Å². The summed E-state index contributed by atoms with van der Waals surface area (Å²) in [5.41, 5.74) is 0.279. The van der Waals surface area contributed by atoms with Gasteiger partial charge < -0.3 is 9.64 Å². The molecule has 1 aromatic carbocycles. The maximum absolute atomic E-state index is 13.3. The Labute approximate surface area is 103 Å². The minimum Gasteiger partial charge on any atom is -0.462 e. The lowest BCUT2D eigenvalue weighted by atomic mass is 10.1. The predicted molar refractivity (Wildman–Crippen MR) is 59.7 cm³/mol. The van der Waals surface area contributed by atoms with Gasteiger partial charge in [0.2, 0.25) is 0 Å². The van der Waals surface area contributed by atoms with Crippen LogP contribution in [0.3, 0.4) is 0 Å². The maximum Gasteiger partial charge on any atom is 0.396 e. The van der Waals surface area contributed by atoms with E-state index in [4.69, 9.17) is 0 Å². The van der Waals surface area contributed by atoms with Gasteiger partial charge in [0.15, 0.2) is 0 Å². The summed E-state index contributed by atoms with van der Waals surface area (Å²) in [6.45, 7) is 0.135. The number of amides is 1. The average Bonchev–Trinajstić information content (AvgIpc) is 2.35. The second-order valence-electron chi connectivity index (χ2n) is 3.70. The van der Waals surface area contributed by atoms with Gasteiger partial charge in [0.1, 0.15) is 11.6 Å². The van der Waals surface area contributed by atoms with Gasteiger partial charge in [-0.15, -0.1) is 0 Å². The summed E-state index contributed by atoms with van der Waals surface area (Å²) in [6.07, 6.45) is 0.186. The molecule has 0 spiro atoms. The maximum atomic E-state index is 13.3. The first-order valence-electron chi connectivity index (χ1n) is 5.23. The summed E-state index contributed by atoms with van der Waals surface area (Å²) >= 11 is 0. The van der Waals surface area contributed by atoms with Gasteiger partial charge in [-0.2, -0.15) is 0 Å². The van der Waals surface area contributed by atoms with E-state index in [2.05, 4.69) is 4.74 Å². The van der Waals surface area contributed by atoms with Crippen LogP contribution in [-0.2, 0) is 20.7 Å². The third kappa shape index (κ3) is 3.51. The summed E-state index contributed by atoms with van der Waals surface area (Å²) in [5.74, 6) is -3.11. The monoisotopic (exact) mass is 257 g/mol. The van der Waals surface area contributed by atoms with Crippen LogP contribution < -0.4 is 0 Å². The summed E-state index contributed by atoms with van der Waals surface area (Å²) in [4.78, 5) is 23.4. The third-order valence-corrected chi connectivity index (χ3v) is 2.44. The number of benzene rings is 1. The van der Waals surface area contributed by atoms with E-state index in [1.165, 1.54) is 13.1 Å². The molecule has 1 amide bonds. The molecule has 0 radical (unpaired) electrons. The van der Waals surface area contributed by atoms with Crippen LogP contribution in [0.5, 0.6) is 0 Å². The van der Waals surface area contributed by atoms with Crippen LogP contribution in [0.2, 0.25) is 0 Å². The quantitative estimate of drug-likeness (QED) is 0.602. The van der Waals surface area contributed by atoms with E-state index in [9.17, 15) is 18.4 Å². The van der Waals surface area contributed by atoms with Crippen molar-refractivity contribution in [2.45, 2.75) is 6.42 Å². The van der Waals surface area contributed by atoms with Crippen LogP contribution in [0.4, 0.5) is 8.78 Å². The molecule has 1 rings (SSSR count). The van der Waals surface area contributed by atoms with Crippen molar-refractivity contribution in [3.63, 3.8) is 0 Å². The number of nitrogens with zero attached hydrogens (tertiary/aromatic N) is 1. The molecule has 0 saturated carbocycles. The normalized spacial score (nSPS) is 10.0. The van der Waals surface area contributed by atoms with Gasteiger partial charge in [-0.3, -0.25) is 4.79 Å². The Balaban J connectivity index is 2.60. The van der Waals surface area contributed by atoms with Crippen molar-refractivity contribution in [1.82, 2.24) is 4.90 Å². The van der Waals surface area contributed by atoms with Gasteiger partial charge in [0, 0.05) is 19.7 Å². The van der Waals surface area contributed by atoms with E-state index in [-0.39, 0.29) is 18.5 Å². The molecule has 0 aliphatic heterocycles. The minimum absolute atomic E-state index is 0.135. The fourth-order valence-electron chi connectivity index (χ4n) is 1.36. The van der Waals surface area contributed by atoms with Gasteiger partial charge in [-0.05, 0) is 18.1 Å². The van der Waals surface area contributed by atoms with Crippen LogP contribution in [0.1, 0.15) is 5.56 Å². The fraction of sp³-hybridized carbons (Fsp3) is 0.333. The van der Waals surface area contributed by atoms with E-state index in [0.717, 1.165) is 24.1 Å². The van der Waals surface area contributed by atoms with Gasteiger partial charge >= 0.3 is 11.9 Å². The van der Waals surface area contributed by atoms with Crippen LogP contribution >= 0.6 is 0 Å². The predicted octanol–water partition coefficient (Wildman–Crippen LogP) is 1.14. The van der Waals surface area contributed by atoms with Gasteiger partial charge in [0.25, 0.3) is 0 Å². The van der Waals surface area contributed by atoms with Crippen LogP contribution in [-0.4, -0.2) is 37.5 Å². The molecule has 1 aromatic rings. The molecule has 0 N–H and O–H groups in total. The first-order valence-corrected chi connectivity index (χ1v) is 5.23. The molecule has 0 aliphatic carbocycles. The lowest BCUT2D eigenvalue weighted by Crippen LogP contribution is -2.35. The molecule has 6 heteroatoms. The smallest absolute Gasteiger partial charge is 0.396 e. The molecule has 0 atom stereocenters. The Hall–Kier alpha value is -1.98. The molecule has 0 aliphatic rings. The van der Waals surface area contributed by atoms with E-state index >= 15 is 0 Å². The molecule has 18 heavy (non-hydrogen) atoms. The van der Waals surface area contributed by atoms with Crippen molar-refractivity contribution in [3.8, 4) is 0 Å². The lowest BCUT2D eigenvalue weighted by Gasteiger charge is -2.15. The summed E-state index contributed by atoms with van der Waals surface area (Å²) in [5, 5.41) is 0. The van der Waals surface area contributed by atoms with Gasteiger partial charge in [0.05, 0.1) is 7.11 Å². The second kappa shape index (κ2) is 6.09. The molecule has 0 bridgehead atoms. The first kappa shape index (κ1) is 14.1. The van der Waals surface area contributed by atoms with E-state index in [0.29, 0.717) is 0 Å². The highest BCUT2D eigenvalue weighted by Crippen LogP contribution is 2.10. The van der Waals surface area contributed by atoms with Crippen molar-refractivity contribution in [1.29, 1.82) is 0 Å². The first-order chi connectivity index (χ1) is 8.45. The van der Waals surface area contributed by atoms with Crippen LogP contribution in [0.15, 0.2) is 18.2 Å². The zero-order valence-electron chi connectivity index (χ0n) is 10.1. The number of ether oxygens (including phenoxy) is 1. The highest BCUT2D eigenvalue weighted by atomic mass is 19.1. The Bertz CT molecular complexity index is 463. The summed E-state index contributed by atoms with van der Waals surface area (Å²) < 4.78 is 30.2. The number of carbonyl (C=O) groups is 2. The van der Waals surface area contributed by atoms with Crippen LogP contribution in [0, 0.1) is 11.6 Å². The molecule has 0 fully saturated rings. The second-order valence-corrected chi connectivity index (χ2v) is 3.70. The topological polar surface area (TPSA) is 46.6 Å². The summed E-state index contributed by atoms with van der Waals surface area (Å²) in [6, 6.07) is 3.22. The van der Waals surface area contributed by atoms with Crippen molar-refractivity contribution in [2.75, 3.05) is 20.7 Å². The van der Waals surface area contributed by atoms with E-state index in [1.54, 1.807) is 0 Å². The molecule has 0 unspecified atom stereocenters. The molecule has 0 saturated heterocycles. The van der Waals surface area contributed by atoms with E-state index in [1.807, 2.05) is 0 Å². The minimum atomic E-state index is -0.975. The fourth-order valence-corrected chi connectivity index (χ4v) is 1.36. The molecular formula is C12H13F2NO3. The standard InChI is InChI=1S/C12H13F2NO3/c1-15(11(16)12(17)18-2)6-5-8-3-4-9(13)7-10(8)14/h3-4,7H,5-6H2,1-2H3. The van der Waals surface area contributed by atoms with Gasteiger partial charge in [-0.1, -0.05) is 6.07 Å². The van der Waals surface area contributed by atoms with Gasteiger partial charge in [-0.25, -0.2) is 13.6 Å². The number of likely N-dealkylation sites (N-methyl/N-ethyl adjacent to an activating group) is 1. The van der Waals surface area contributed by atoms with Crippen molar-refractivity contribution < 1.29 is 23.1 Å². The van der Waals surface area contributed by atoms with Crippen molar-refractivity contribution in [2.24, 2.45) is 0 Å². The highest BCUT2D eigenvalue weighted by molar-refractivity contribution is 6.32. The molecular weight excluding hydrogens is 244 g/mol. The lowest BCUT2D eigenvalue weighted by molar-refractivity contribution is -0.157. The number of carbonyl (C=O) groups excluding carboxylic acids is 2. The number of methoxy groups -OCH3 is 1. The van der Waals surface area contributed by atoms with Crippen molar-refractivity contribution >= 4 is 11.9 Å². The average molecular weight is 257 g/mol. The SMILES string of the molecule is COC(=O)C(=O)N(C)CCc1ccc(F)cc1F. The molecule has 0 aromatic heterocycles. The number of hydrogen-bond acceptors (Lipinski definition) is 3. The Morgan fingerprint density at radius 3 is 2.56 bits per heavy atom. The molecule has 0 heterocycles. The zero-order valence-corrected chi connectivity index (χ0v) is 10.1. The number of esters is 1. The number of halogens is 2. The largest absolute Gasteiger partial charge is 0.462 e. The van der Waals surface area contributed by atoms with Crippen molar-refractivity contribution in [3.05, 3.63) is 35.4 Å². The highest BCUT2D eigenvalue weighted by Gasteiger charge is 2.19. The molecule has 98 valence electrons. The third-order valence-electron chi connectivity index (χ3n) is 2.44. The Kier molecular flexibility index (Phi) is 4.76. The Morgan fingerprint density at radius 2 is 2.00 bits per heavy atom. The molecule has 4 nitrogen and oxygen atoms in total. The summed E-state index contributed by atoms with van der Waals surface area (Å²) in [7, 11) is 2.51. The number of hydrogen-bond donors (Lipinski definition) is 0.